The number of ether oxygens (including phenoxy) is 2. The van der Waals surface area contributed by atoms with Gasteiger partial charge in [0, 0.05) is 6.61 Å². The van der Waals surface area contributed by atoms with Gasteiger partial charge in [0.2, 0.25) is 0 Å². The average Bonchev–Trinajstić information content (AvgIpc) is 3.23. The molecule has 0 bridgehead atoms. The van der Waals surface area contributed by atoms with Gasteiger partial charge in [-0.2, -0.15) is 0 Å². The summed E-state index contributed by atoms with van der Waals surface area (Å²) < 4.78 is 26.0. The van der Waals surface area contributed by atoms with Crippen LogP contribution < -0.4 is 0 Å². The van der Waals surface area contributed by atoms with E-state index < -0.39 is 22.7 Å². The van der Waals surface area contributed by atoms with Crippen LogP contribution in [0.4, 0.5) is 0 Å². The second-order valence-corrected chi connectivity index (χ2v) is 24.2. The lowest BCUT2D eigenvalue weighted by atomic mass is 9.99. The van der Waals surface area contributed by atoms with E-state index >= 15 is 0 Å². The van der Waals surface area contributed by atoms with E-state index in [1.165, 1.54) is 5.56 Å². The van der Waals surface area contributed by atoms with Crippen LogP contribution in [0.25, 0.3) is 0 Å². The Balaban J connectivity index is 1.91. The van der Waals surface area contributed by atoms with Crippen LogP contribution >= 0.6 is 0 Å². The molecular weight excluding hydrogens is 509 g/mol. The molecule has 0 aromatic heterocycles. The predicted octanol–water partition coefficient (Wildman–Crippen LogP) is 7.94. The fourth-order valence-electron chi connectivity index (χ4n) is 4.34. The normalized spacial score (nSPS) is 21.9. The van der Waals surface area contributed by atoms with Crippen molar-refractivity contribution in [3.05, 3.63) is 35.9 Å². The summed E-state index contributed by atoms with van der Waals surface area (Å²) in [5.74, 6) is 0.290. The van der Waals surface area contributed by atoms with Gasteiger partial charge in [0.25, 0.3) is 0 Å². The third kappa shape index (κ3) is 10.5. The van der Waals surface area contributed by atoms with Gasteiger partial charge >= 0.3 is 0 Å². The Morgan fingerprint density at radius 3 is 2.11 bits per heavy atom. The highest BCUT2D eigenvalue weighted by Gasteiger charge is 2.44. The summed E-state index contributed by atoms with van der Waals surface area (Å²) in [5, 5.41) is 11.1. The Labute approximate surface area is 236 Å². The first-order valence-electron chi connectivity index (χ1n) is 14.7. The molecule has 5 nitrogen and oxygen atoms in total. The quantitative estimate of drug-likeness (QED) is 0.232. The Kier molecular flexibility index (Phi) is 12.3. The first-order valence-corrected chi connectivity index (χ1v) is 20.5. The monoisotopic (exact) mass is 566 g/mol. The minimum atomic E-state index is -2.00. The van der Waals surface area contributed by atoms with Gasteiger partial charge < -0.3 is 23.4 Å². The molecule has 1 aromatic rings. The van der Waals surface area contributed by atoms with E-state index in [-0.39, 0.29) is 28.4 Å². The van der Waals surface area contributed by atoms with Crippen LogP contribution in [0.1, 0.15) is 79.7 Å². The lowest BCUT2D eigenvalue weighted by molar-refractivity contribution is -0.0580. The zero-order valence-corrected chi connectivity index (χ0v) is 28.3. The van der Waals surface area contributed by atoms with Crippen molar-refractivity contribution in [2.45, 2.75) is 141 Å². The van der Waals surface area contributed by atoms with Gasteiger partial charge in [-0.3, -0.25) is 0 Å². The van der Waals surface area contributed by atoms with Crippen molar-refractivity contribution in [1.82, 2.24) is 0 Å². The molecule has 4 unspecified atom stereocenters. The Bertz CT molecular complexity index is 816. The number of hydrogen-bond acceptors (Lipinski definition) is 5. The van der Waals surface area contributed by atoms with Gasteiger partial charge in [-0.1, -0.05) is 78.8 Å². The lowest BCUT2D eigenvalue weighted by Gasteiger charge is -2.43. The smallest absolute Gasteiger partial charge is 0.192 e. The highest BCUT2D eigenvalue weighted by atomic mass is 28.4. The van der Waals surface area contributed by atoms with E-state index in [2.05, 4.69) is 86.8 Å². The lowest BCUT2D eigenvalue weighted by Crippen LogP contribution is -2.51. The topological polar surface area (TPSA) is 57.2 Å². The molecule has 38 heavy (non-hydrogen) atoms. The first kappa shape index (κ1) is 33.7. The number of benzene rings is 1. The number of hydrogen-bond donors (Lipinski definition) is 1. The molecule has 1 heterocycles. The predicted molar refractivity (Wildman–Crippen MR) is 164 cm³/mol. The minimum absolute atomic E-state index is 0.0118. The van der Waals surface area contributed by atoms with Crippen molar-refractivity contribution in [3.63, 3.8) is 0 Å². The van der Waals surface area contributed by atoms with Crippen LogP contribution in [0.15, 0.2) is 30.3 Å². The Morgan fingerprint density at radius 2 is 1.53 bits per heavy atom. The molecule has 0 aliphatic carbocycles. The van der Waals surface area contributed by atoms with Gasteiger partial charge in [0.1, 0.15) is 0 Å². The maximum Gasteiger partial charge on any atom is 0.192 e. The molecule has 0 radical (unpaired) electrons. The maximum absolute atomic E-state index is 10.8. The first-order chi connectivity index (χ1) is 17.4. The summed E-state index contributed by atoms with van der Waals surface area (Å²) in [7, 11) is -3.91. The van der Waals surface area contributed by atoms with Crippen molar-refractivity contribution >= 4 is 16.6 Å². The van der Waals surface area contributed by atoms with Crippen LogP contribution in [0.5, 0.6) is 0 Å². The van der Waals surface area contributed by atoms with E-state index in [0.717, 1.165) is 19.3 Å². The van der Waals surface area contributed by atoms with Crippen LogP contribution in [0.2, 0.25) is 36.3 Å². The zero-order chi connectivity index (χ0) is 28.8. The second-order valence-electron chi connectivity index (χ2n) is 14.6. The summed E-state index contributed by atoms with van der Waals surface area (Å²) >= 11 is 0. The molecule has 1 aliphatic rings. The van der Waals surface area contributed by atoms with Crippen LogP contribution in [0.3, 0.4) is 0 Å². The molecule has 1 aliphatic heterocycles. The maximum atomic E-state index is 10.8. The molecule has 220 valence electrons. The largest absolute Gasteiger partial charge is 0.414 e. The van der Waals surface area contributed by atoms with E-state index in [4.69, 9.17) is 18.3 Å². The highest BCUT2D eigenvalue weighted by molar-refractivity contribution is 6.74. The van der Waals surface area contributed by atoms with Crippen molar-refractivity contribution in [2.24, 2.45) is 5.92 Å². The van der Waals surface area contributed by atoms with Crippen molar-refractivity contribution in [3.8, 4) is 0 Å². The molecule has 5 atom stereocenters. The third-order valence-electron chi connectivity index (χ3n) is 8.95. The summed E-state index contributed by atoms with van der Waals surface area (Å²) in [6.07, 6.45) is 2.90. The second kappa shape index (κ2) is 13.9. The molecule has 1 fully saturated rings. The van der Waals surface area contributed by atoms with Gasteiger partial charge in [0.15, 0.2) is 16.6 Å². The Hall–Kier alpha value is -0.546. The van der Waals surface area contributed by atoms with Gasteiger partial charge in [0.05, 0.1) is 37.6 Å². The minimum Gasteiger partial charge on any atom is -0.414 e. The van der Waals surface area contributed by atoms with Crippen LogP contribution in [-0.4, -0.2) is 59.4 Å². The molecule has 1 saturated heterocycles. The molecule has 0 saturated carbocycles. The van der Waals surface area contributed by atoms with E-state index in [1.54, 1.807) is 0 Å². The number of aliphatic hydroxyl groups excluding tert-OH is 1. The van der Waals surface area contributed by atoms with Crippen molar-refractivity contribution < 1.29 is 23.4 Å². The van der Waals surface area contributed by atoms with Gasteiger partial charge in [-0.05, 0) is 73.4 Å². The SMILES string of the molecule is CC(COCc1ccccc1)C[C@H](O)CC1CCC(C(CO[Si](C)(C)C(C)(C)C)O[Si](C)(C)C(C)(C)C)O1. The number of aliphatic hydroxyl groups is 1. The van der Waals surface area contributed by atoms with Gasteiger partial charge in [-0.25, -0.2) is 0 Å². The zero-order valence-electron chi connectivity index (χ0n) is 26.3. The third-order valence-corrected chi connectivity index (χ3v) is 18.0. The molecule has 7 heteroatoms. The number of rotatable bonds is 14. The molecule has 1 aromatic carbocycles. The van der Waals surface area contributed by atoms with Crippen LogP contribution in [0, 0.1) is 5.92 Å². The summed E-state index contributed by atoms with van der Waals surface area (Å²) in [6, 6.07) is 10.2. The fraction of sp³-hybridized carbons (Fsp3) is 0.806. The average molecular weight is 567 g/mol. The van der Waals surface area contributed by atoms with E-state index in [1.807, 2.05) is 18.2 Å². The van der Waals surface area contributed by atoms with Crippen molar-refractivity contribution in [2.75, 3.05) is 13.2 Å². The highest BCUT2D eigenvalue weighted by Crippen LogP contribution is 2.41. The fourth-order valence-corrected chi connectivity index (χ4v) is 6.69. The Morgan fingerprint density at radius 1 is 0.921 bits per heavy atom. The molecule has 2 rings (SSSR count). The molecule has 0 amide bonds. The molecular formula is C31H58O5Si2. The standard InChI is InChI=1S/C31H58O5Si2/c1-24(21-33-22-25-15-13-12-14-16-25)19-26(32)20-27-17-18-28(35-27)29(36-38(10,11)31(5,6)7)23-34-37(8,9)30(2,3)4/h12-16,24,26-29,32H,17-23H2,1-11H3/t24?,26-,27?,28?,29?/m0/s1. The van der Waals surface area contributed by atoms with E-state index in [0.29, 0.717) is 32.2 Å². The summed E-state index contributed by atoms with van der Waals surface area (Å²) in [5.41, 5.74) is 1.18. The molecule has 0 spiro atoms. The van der Waals surface area contributed by atoms with Crippen molar-refractivity contribution in [1.29, 1.82) is 0 Å². The van der Waals surface area contributed by atoms with Crippen LogP contribution in [-0.2, 0) is 24.9 Å². The summed E-state index contributed by atoms with van der Waals surface area (Å²) in [6.45, 7) is 26.9. The molecule has 1 N–H and O–H groups in total. The van der Waals surface area contributed by atoms with Gasteiger partial charge in [-0.15, -0.1) is 0 Å². The van der Waals surface area contributed by atoms with E-state index in [9.17, 15) is 5.11 Å². The summed E-state index contributed by atoms with van der Waals surface area (Å²) in [4.78, 5) is 0.